The van der Waals surface area contributed by atoms with E-state index in [9.17, 15) is 4.79 Å². The van der Waals surface area contributed by atoms with Gasteiger partial charge in [-0.15, -0.1) is 6.58 Å². The maximum atomic E-state index is 12.0. The maximum absolute atomic E-state index is 12.0. The van der Waals surface area contributed by atoms with E-state index in [1.54, 1.807) is 6.08 Å². The smallest absolute Gasteiger partial charge is 0.306 e. The molecule has 3 aromatic carbocycles. The summed E-state index contributed by atoms with van der Waals surface area (Å²) in [5.41, 5.74) is 2.37. The molecule has 2 nitrogen and oxygen atoms in total. The number of hydrogen-bond donors (Lipinski definition) is 0. The molecule has 0 aliphatic carbocycles. The highest BCUT2D eigenvalue weighted by atomic mass is 28.3. The molecule has 0 bridgehead atoms. The maximum Gasteiger partial charge on any atom is 0.306 e. The van der Waals surface area contributed by atoms with Gasteiger partial charge in [-0.25, -0.2) is 0 Å². The molecule has 0 amide bonds. The van der Waals surface area contributed by atoms with Gasteiger partial charge in [-0.2, -0.15) is 0 Å². The molecule has 0 aliphatic rings. The highest BCUT2D eigenvalue weighted by molar-refractivity contribution is 7.14. The highest BCUT2D eigenvalue weighted by Crippen LogP contribution is 2.11. The lowest BCUT2D eigenvalue weighted by Gasteiger charge is -2.30. The molecule has 0 saturated carbocycles. The van der Waals surface area contributed by atoms with Crippen molar-refractivity contribution in [3.8, 4) is 0 Å². The molecule has 31 heavy (non-hydrogen) atoms. The lowest BCUT2D eigenvalue weighted by molar-refractivity contribution is -0.143. The summed E-state index contributed by atoms with van der Waals surface area (Å²) in [7, 11) is -2.37. The average molecular weight is 429 g/mol. The monoisotopic (exact) mass is 428 g/mol. The SMILES string of the molecule is C.C=CCCOC(=O)CC/C=C\[Si](c1ccccc1)(c1ccccc1)c1ccccc1. The van der Waals surface area contributed by atoms with E-state index in [0.29, 0.717) is 25.9 Å². The lowest BCUT2D eigenvalue weighted by atomic mass is 10.3. The molecular weight excluding hydrogens is 396 g/mol. The van der Waals surface area contributed by atoms with Gasteiger partial charge in [0.1, 0.15) is 0 Å². The molecule has 0 aromatic heterocycles. The molecule has 0 spiro atoms. The Balaban J connectivity index is 0.00000341. The molecule has 3 rings (SSSR count). The normalized spacial score (nSPS) is 11.0. The molecule has 0 fully saturated rings. The minimum absolute atomic E-state index is 0. The highest BCUT2D eigenvalue weighted by Gasteiger charge is 2.36. The topological polar surface area (TPSA) is 26.3 Å². The van der Waals surface area contributed by atoms with E-state index in [1.807, 2.05) is 0 Å². The first-order valence-electron chi connectivity index (χ1n) is 10.4. The van der Waals surface area contributed by atoms with Gasteiger partial charge in [0, 0.05) is 6.42 Å². The molecule has 3 heteroatoms. The van der Waals surface area contributed by atoms with Gasteiger partial charge in [0.15, 0.2) is 8.07 Å². The van der Waals surface area contributed by atoms with Gasteiger partial charge in [-0.05, 0) is 28.4 Å². The van der Waals surface area contributed by atoms with Crippen molar-refractivity contribution in [3.05, 3.63) is 115 Å². The number of ether oxygens (including phenoxy) is 1. The predicted octanol–water partition coefficient (Wildman–Crippen LogP) is 4.79. The molecule has 0 saturated heterocycles. The fourth-order valence-corrected chi connectivity index (χ4v) is 7.93. The second-order valence-electron chi connectivity index (χ2n) is 7.14. The Morgan fingerprint density at radius 3 is 1.65 bits per heavy atom. The van der Waals surface area contributed by atoms with Crippen molar-refractivity contribution in [2.45, 2.75) is 26.7 Å². The van der Waals surface area contributed by atoms with Crippen LogP contribution in [0.15, 0.2) is 115 Å². The molecule has 3 aromatic rings. The van der Waals surface area contributed by atoms with Crippen LogP contribution in [0.2, 0.25) is 0 Å². The zero-order valence-electron chi connectivity index (χ0n) is 17.2. The van der Waals surface area contributed by atoms with E-state index in [4.69, 9.17) is 4.74 Å². The summed E-state index contributed by atoms with van der Waals surface area (Å²) >= 11 is 0. The Hall–Kier alpha value is -3.17. The first-order chi connectivity index (χ1) is 14.8. The molecule has 0 unspecified atom stereocenters. The summed E-state index contributed by atoms with van der Waals surface area (Å²) in [5.74, 6) is -0.159. The summed E-state index contributed by atoms with van der Waals surface area (Å²) in [6, 6.07) is 32.1. The van der Waals surface area contributed by atoms with Crippen LogP contribution in [-0.2, 0) is 9.53 Å². The van der Waals surface area contributed by atoms with Crippen LogP contribution < -0.4 is 15.6 Å². The second kappa shape index (κ2) is 12.5. The zero-order valence-corrected chi connectivity index (χ0v) is 18.2. The number of allylic oxidation sites excluding steroid dienone is 1. The Morgan fingerprint density at radius 1 is 0.774 bits per heavy atom. The van der Waals surface area contributed by atoms with Crippen LogP contribution in [0.1, 0.15) is 26.7 Å². The minimum atomic E-state index is -2.37. The van der Waals surface area contributed by atoms with Gasteiger partial charge in [0.2, 0.25) is 0 Å². The number of hydrogen-bond acceptors (Lipinski definition) is 2. The number of rotatable bonds is 10. The molecule has 0 atom stereocenters. The van der Waals surface area contributed by atoms with E-state index in [2.05, 4.69) is 109 Å². The largest absolute Gasteiger partial charge is 0.465 e. The van der Waals surface area contributed by atoms with E-state index in [-0.39, 0.29) is 13.4 Å². The van der Waals surface area contributed by atoms with E-state index >= 15 is 0 Å². The first-order valence-corrected chi connectivity index (χ1v) is 12.5. The number of benzene rings is 3. The van der Waals surface area contributed by atoms with Crippen LogP contribution in [0.3, 0.4) is 0 Å². The zero-order chi connectivity index (χ0) is 21.1. The average Bonchev–Trinajstić information content (AvgIpc) is 2.81. The fourth-order valence-electron chi connectivity index (χ4n) is 3.68. The Kier molecular flexibility index (Phi) is 9.72. The predicted molar refractivity (Wildman–Crippen MR) is 135 cm³/mol. The number of carbonyl (C=O) groups is 1. The Labute approximate surface area is 187 Å². The van der Waals surface area contributed by atoms with Gasteiger partial charge >= 0.3 is 5.97 Å². The van der Waals surface area contributed by atoms with Crippen molar-refractivity contribution < 1.29 is 9.53 Å². The standard InChI is InChI=1S/C27H28O2Si.CH4/c1-2-3-22-29-27(28)21-13-14-23-30(24-15-7-4-8-16-24,25-17-9-5-10-18-25)26-19-11-6-12-20-26;/h2,4-12,14-20,23H,1,3,13,21-22H2;1H4/b23-14-;. The Bertz CT molecular complexity index is 853. The summed E-state index contributed by atoms with van der Waals surface area (Å²) in [5, 5.41) is 3.98. The molecule has 160 valence electrons. The van der Waals surface area contributed by atoms with Gasteiger partial charge in [-0.1, -0.05) is 116 Å². The van der Waals surface area contributed by atoms with Crippen LogP contribution in [0.4, 0.5) is 0 Å². The van der Waals surface area contributed by atoms with Gasteiger partial charge in [0.05, 0.1) is 6.61 Å². The summed E-state index contributed by atoms with van der Waals surface area (Å²) in [6.45, 7) is 4.05. The minimum Gasteiger partial charge on any atom is -0.465 e. The summed E-state index contributed by atoms with van der Waals surface area (Å²) in [6.07, 6.45) is 5.65. The number of esters is 1. The summed E-state index contributed by atoms with van der Waals surface area (Å²) in [4.78, 5) is 12.0. The first kappa shape index (κ1) is 24.1. The van der Waals surface area contributed by atoms with Crippen molar-refractivity contribution in [2.75, 3.05) is 6.61 Å². The van der Waals surface area contributed by atoms with Gasteiger partial charge < -0.3 is 4.74 Å². The van der Waals surface area contributed by atoms with Crippen molar-refractivity contribution >= 4 is 29.6 Å². The van der Waals surface area contributed by atoms with E-state index < -0.39 is 8.07 Å². The quantitative estimate of drug-likeness (QED) is 0.153. The lowest BCUT2D eigenvalue weighted by Crippen LogP contribution is -2.66. The fraction of sp³-hybridized carbons (Fsp3) is 0.179. The van der Waals surface area contributed by atoms with Crippen LogP contribution in [0.25, 0.3) is 0 Å². The van der Waals surface area contributed by atoms with Gasteiger partial charge in [0.25, 0.3) is 0 Å². The molecule has 0 heterocycles. The van der Waals surface area contributed by atoms with Crippen LogP contribution in [0.5, 0.6) is 0 Å². The second-order valence-corrected chi connectivity index (χ2v) is 10.8. The van der Waals surface area contributed by atoms with Crippen molar-refractivity contribution in [3.63, 3.8) is 0 Å². The number of carbonyl (C=O) groups excluding carboxylic acids is 1. The third-order valence-electron chi connectivity index (χ3n) is 5.16. The molecule has 0 N–H and O–H groups in total. The van der Waals surface area contributed by atoms with Crippen LogP contribution in [0, 0.1) is 0 Å². The summed E-state index contributed by atoms with van der Waals surface area (Å²) < 4.78 is 5.24. The van der Waals surface area contributed by atoms with Crippen molar-refractivity contribution in [1.29, 1.82) is 0 Å². The molecule has 0 radical (unpaired) electrons. The molecular formula is C28H32O2Si. The van der Waals surface area contributed by atoms with E-state index in [0.717, 1.165) is 0 Å². The van der Waals surface area contributed by atoms with E-state index in [1.165, 1.54) is 15.6 Å². The van der Waals surface area contributed by atoms with Crippen LogP contribution in [-0.4, -0.2) is 20.7 Å². The Morgan fingerprint density at radius 2 is 1.23 bits per heavy atom. The molecule has 0 aliphatic heterocycles. The third kappa shape index (κ3) is 6.16. The van der Waals surface area contributed by atoms with Crippen molar-refractivity contribution in [2.24, 2.45) is 0 Å². The van der Waals surface area contributed by atoms with Crippen molar-refractivity contribution in [1.82, 2.24) is 0 Å². The van der Waals surface area contributed by atoms with Crippen LogP contribution >= 0.6 is 0 Å². The van der Waals surface area contributed by atoms with Gasteiger partial charge in [-0.3, -0.25) is 4.79 Å². The third-order valence-corrected chi connectivity index (χ3v) is 9.62.